The van der Waals surface area contributed by atoms with Crippen LogP contribution in [-0.4, -0.2) is 5.11 Å². The normalized spacial score (nSPS) is 10.6. The maximum absolute atomic E-state index is 9.66. The summed E-state index contributed by atoms with van der Waals surface area (Å²) in [5.74, 6) is 0.998. The summed E-state index contributed by atoms with van der Waals surface area (Å²) >= 11 is 5.80. The molecule has 3 nitrogen and oxygen atoms in total. The summed E-state index contributed by atoms with van der Waals surface area (Å²) in [4.78, 5) is 0. The third kappa shape index (κ3) is 2.56. The first-order chi connectivity index (χ1) is 7.77. The van der Waals surface area contributed by atoms with Crippen molar-refractivity contribution in [3.05, 3.63) is 52.9 Å². The Morgan fingerprint density at radius 3 is 2.81 bits per heavy atom. The van der Waals surface area contributed by atoms with Gasteiger partial charge in [0.25, 0.3) is 0 Å². The minimum absolute atomic E-state index is 0.135. The predicted molar refractivity (Wildman–Crippen MR) is 62.4 cm³/mol. The average molecular weight is 238 g/mol. The van der Waals surface area contributed by atoms with Crippen LogP contribution < -0.4 is 5.32 Å². The van der Waals surface area contributed by atoms with Gasteiger partial charge in [0.2, 0.25) is 0 Å². The Kier molecular flexibility index (Phi) is 3.49. The van der Waals surface area contributed by atoms with Gasteiger partial charge in [-0.15, -0.1) is 0 Å². The molecule has 16 heavy (non-hydrogen) atoms. The van der Waals surface area contributed by atoms with Gasteiger partial charge in [0, 0.05) is 12.1 Å². The minimum Gasteiger partial charge on any atom is -0.506 e. The molecule has 0 radical (unpaired) electrons. The van der Waals surface area contributed by atoms with Gasteiger partial charge in [-0.25, -0.2) is 0 Å². The number of rotatable bonds is 4. The van der Waals surface area contributed by atoms with Crippen molar-refractivity contribution in [3.8, 4) is 5.75 Å². The highest BCUT2D eigenvalue weighted by Crippen LogP contribution is 2.26. The quantitative estimate of drug-likeness (QED) is 0.860. The van der Waals surface area contributed by atoms with Gasteiger partial charge in [-0.05, 0) is 18.2 Å². The van der Waals surface area contributed by atoms with E-state index in [4.69, 9.17) is 16.0 Å². The van der Waals surface area contributed by atoms with Crippen molar-refractivity contribution < 1.29 is 9.52 Å². The van der Waals surface area contributed by atoms with Crippen molar-refractivity contribution in [2.24, 2.45) is 0 Å². The predicted octanol–water partition coefficient (Wildman–Crippen LogP) is 2.93. The zero-order valence-corrected chi connectivity index (χ0v) is 9.37. The monoisotopic (exact) mass is 237 g/mol. The Labute approximate surface area is 98.7 Å². The summed E-state index contributed by atoms with van der Waals surface area (Å²) in [6, 6.07) is 9.04. The molecule has 2 N–H and O–H groups in total. The van der Waals surface area contributed by atoms with E-state index in [-0.39, 0.29) is 5.75 Å². The van der Waals surface area contributed by atoms with E-state index >= 15 is 0 Å². The first-order valence-electron chi connectivity index (χ1n) is 4.97. The Hall–Kier alpha value is -1.45. The summed E-state index contributed by atoms with van der Waals surface area (Å²) < 4.78 is 5.17. The van der Waals surface area contributed by atoms with Crippen LogP contribution in [0.2, 0.25) is 5.02 Å². The van der Waals surface area contributed by atoms with E-state index < -0.39 is 0 Å². The first kappa shape index (κ1) is 11.0. The fourth-order valence-electron chi connectivity index (χ4n) is 1.44. The van der Waals surface area contributed by atoms with E-state index in [1.54, 1.807) is 12.3 Å². The van der Waals surface area contributed by atoms with Crippen LogP contribution >= 0.6 is 11.6 Å². The first-order valence-corrected chi connectivity index (χ1v) is 5.34. The zero-order chi connectivity index (χ0) is 11.4. The summed E-state index contributed by atoms with van der Waals surface area (Å²) in [6.45, 7) is 1.17. The summed E-state index contributed by atoms with van der Waals surface area (Å²) in [5.41, 5.74) is 0.777. The van der Waals surface area contributed by atoms with Crippen molar-refractivity contribution in [1.29, 1.82) is 0 Å². The molecule has 0 aliphatic rings. The molecule has 4 heteroatoms. The highest BCUT2D eigenvalue weighted by Gasteiger charge is 2.04. The number of furan rings is 1. The highest BCUT2D eigenvalue weighted by atomic mass is 35.5. The molecule has 2 aromatic rings. The molecule has 0 spiro atoms. The SMILES string of the molecule is Oc1c(Cl)cccc1CNCc1ccco1. The van der Waals surface area contributed by atoms with Crippen LogP contribution in [0, 0.1) is 0 Å². The number of hydrogen-bond acceptors (Lipinski definition) is 3. The molecule has 0 fully saturated rings. The number of aromatic hydroxyl groups is 1. The van der Waals surface area contributed by atoms with Gasteiger partial charge < -0.3 is 14.8 Å². The third-order valence-corrected chi connectivity index (χ3v) is 2.57. The lowest BCUT2D eigenvalue weighted by Gasteiger charge is -2.06. The van der Waals surface area contributed by atoms with Gasteiger partial charge in [0.15, 0.2) is 0 Å². The fourth-order valence-corrected chi connectivity index (χ4v) is 1.63. The maximum atomic E-state index is 9.66. The van der Waals surface area contributed by atoms with Crippen molar-refractivity contribution in [2.45, 2.75) is 13.1 Å². The number of phenols is 1. The van der Waals surface area contributed by atoms with E-state index in [2.05, 4.69) is 5.32 Å². The van der Waals surface area contributed by atoms with E-state index in [9.17, 15) is 5.11 Å². The topological polar surface area (TPSA) is 45.4 Å². The average Bonchev–Trinajstić information content (AvgIpc) is 2.77. The van der Waals surface area contributed by atoms with E-state index in [1.165, 1.54) is 0 Å². The van der Waals surface area contributed by atoms with Gasteiger partial charge in [-0.1, -0.05) is 23.7 Å². The zero-order valence-electron chi connectivity index (χ0n) is 8.61. The third-order valence-electron chi connectivity index (χ3n) is 2.27. The minimum atomic E-state index is 0.135. The number of halogens is 1. The van der Waals surface area contributed by atoms with Crippen LogP contribution in [0.1, 0.15) is 11.3 Å². The van der Waals surface area contributed by atoms with Crippen LogP contribution in [0.4, 0.5) is 0 Å². The van der Waals surface area contributed by atoms with E-state index in [1.807, 2.05) is 24.3 Å². The fraction of sp³-hybridized carbons (Fsp3) is 0.167. The van der Waals surface area contributed by atoms with Crippen LogP contribution in [0.3, 0.4) is 0 Å². The second kappa shape index (κ2) is 5.05. The Morgan fingerprint density at radius 1 is 1.19 bits per heavy atom. The standard InChI is InChI=1S/C12H12ClNO2/c13-11-5-1-3-9(12(11)15)7-14-8-10-4-2-6-16-10/h1-6,14-15H,7-8H2. The van der Waals surface area contributed by atoms with Crippen molar-refractivity contribution in [3.63, 3.8) is 0 Å². The molecule has 0 aliphatic heterocycles. The van der Waals surface area contributed by atoms with Crippen LogP contribution in [0.15, 0.2) is 41.0 Å². The molecule has 0 unspecified atom stereocenters. The second-order valence-electron chi connectivity index (χ2n) is 3.43. The summed E-state index contributed by atoms with van der Waals surface area (Å²) in [6.07, 6.45) is 1.63. The molecule has 0 amide bonds. The lowest BCUT2D eigenvalue weighted by Crippen LogP contribution is -2.12. The molecule has 0 aliphatic carbocycles. The second-order valence-corrected chi connectivity index (χ2v) is 3.84. The van der Waals surface area contributed by atoms with Gasteiger partial charge in [-0.2, -0.15) is 0 Å². The molecule has 2 rings (SSSR count). The molecule has 84 valence electrons. The molecular weight excluding hydrogens is 226 g/mol. The van der Waals surface area contributed by atoms with Gasteiger partial charge in [0.05, 0.1) is 17.8 Å². The maximum Gasteiger partial charge on any atom is 0.138 e. The van der Waals surface area contributed by atoms with Crippen LogP contribution in [0.5, 0.6) is 5.75 Å². The molecule has 0 saturated heterocycles. The van der Waals surface area contributed by atoms with Gasteiger partial charge in [0.1, 0.15) is 11.5 Å². The molecule has 0 bridgehead atoms. The highest BCUT2D eigenvalue weighted by molar-refractivity contribution is 6.32. The summed E-state index contributed by atoms with van der Waals surface area (Å²) in [5, 5.41) is 13.2. The Balaban J connectivity index is 1.92. The molecule has 1 aromatic carbocycles. The molecule has 1 aromatic heterocycles. The number of hydrogen-bond donors (Lipinski definition) is 2. The van der Waals surface area contributed by atoms with Crippen LogP contribution in [0.25, 0.3) is 0 Å². The van der Waals surface area contributed by atoms with Crippen LogP contribution in [-0.2, 0) is 13.1 Å². The van der Waals surface area contributed by atoms with Crippen molar-refractivity contribution >= 4 is 11.6 Å². The van der Waals surface area contributed by atoms with Crippen molar-refractivity contribution in [1.82, 2.24) is 5.32 Å². The van der Waals surface area contributed by atoms with E-state index in [0.29, 0.717) is 18.1 Å². The Bertz CT molecular complexity index is 454. The molecule has 0 atom stereocenters. The van der Waals surface area contributed by atoms with Gasteiger partial charge in [-0.3, -0.25) is 0 Å². The summed E-state index contributed by atoms with van der Waals surface area (Å²) in [7, 11) is 0. The molecule has 1 heterocycles. The number of nitrogens with one attached hydrogen (secondary N) is 1. The number of para-hydroxylation sites is 1. The van der Waals surface area contributed by atoms with E-state index in [0.717, 1.165) is 11.3 Å². The van der Waals surface area contributed by atoms with Crippen molar-refractivity contribution in [2.75, 3.05) is 0 Å². The van der Waals surface area contributed by atoms with Gasteiger partial charge >= 0.3 is 0 Å². The molecular formula is C12H12ClNO2. The number of benzene rings is 1. The lowest BCUT2D eigenvalue weighted by molar-refractivity contribution is 0.456. The Morgan fingerprint density at radius 2 is 2.06 bits per heavy atom. The number of phenolic OH excluding ortho intramolecular Hbond substituents is 1. The molecule has 0 saturated carbocycles. The lowest BCUT2D eigenvalue weighted by atomic mass is 10.2. The largest absolute Gasteiger partial charge is 0.506 e. The smallest absolute Gasteiger partial charge is 0.138 e.